The van der Waals surface area contributed by atoms with Crippen LogP contribution in [0.2, 0.25) is 0 Å². The number of pyridine rings is 1. The average Bonchev–Trinajstić information content (AvgIpc) is 2.34. The highest BCUT2D eigenvalue weighted by molar-refractivity contribution is 9.10. The van der Waals surface area contributed by atoms with Gasteiger partial charge in [-0.05, 0) is 58.6 Å². The SMILES string of the molecule is Cc1ncccc1C(N)Cc1ccc(F)c(Br)c1. The lowest BCUT2D eigenvalue weighted by molar-refractivity contribution is 0.618. The van der Waals surface area contributed by atoms with Gasteiger partial charge in [0, 0.05) is 17.9 Å². The molecule has 0 amide bonds. The number of hydrogen-bond donors (Lipinski definition) is 1. The molecule has 2 rings (SSSR count). The smallest absolute Gasteiger partial charge is 0.137 e. The highest BCUT2D eigenvalue weighted by Gasteiger charge is 2.11. The molecule has 94 valence electrons. The van der Waals surface area contributed by atoms with E-state index < -0.39 is 0 Å². The van der Waals surface area contributed by atoms with Gasteiger partial charge in [0.1, 0.15) is 5.82 Å². The third-order valence-electron chi connectivity index (χ3n) is 2.89. The predicted molar refractivity (Wildman–Crippen MR) is 73.7 cm³/mol. The number of aromatic nitrogens is 1. The van der Waals surface area contributed by atoms with Gasteiger partial charge in [0.2, 0.25) is 0 Å². The molecule has 2 nitrogen and oxygen atoms in total. The molecule has 1 atom stereocenters. The topological polar surface area (TPSA) is 38.9 Å². The molecule has 0 fully saturated rings. The Morgan fingerprint density at radius 2 is 2.17 bits per heavy atom. The zero-order valence-corrected chi connectivity index (χ0v) is 11.6. The fraction of sp³-hybridized carbons (Fsp3) is 0.214. The van der Waals surface area contributed by atoms with Crippen LogP contribution in [0.5, 0.6) is 0 Å². The number of rotatable bonds is 3. The molecule has 0 radical (unpaired) electrons. The van der Waals surface area contributed by atoms with Crippen LogP contribution >= 0.6 is 15.9 Å². The van der Waals surface area contributed by atoms with E-state index in [9.17, 15) is 4.39 Å². The maximum atomic E-state index is 13.1. The lowest BCUT2D eigenvalue weighted by Crippen LogP contribution is -2.15. The minimum atomic E-state index is -0.259. The molecule has 0 saturated heterocycles. The van der Waals surface area contributed by atoms with E-state index in [4.69, 9.17) is 5.73 Å². The Morgan fingerprint density at radius 3 is 2.83 bits per heavy atom. The second kappa shape index (κ2) is 5.59. The molecule has 0 aliphatic rings. The first kappa shape index (κ1) is 13.2. The molecule has 18 heavy (non-hydrogen) atoms. The number of benzene rings is 1. The predicted octanol–water partition coefficient (Wildman–Crippen LogP) is 3.53. The Kier molecular flexibility index (Phi) is 4.09. The summed E-state index contributed by atoms with van der Waals surface area (Å²) >= 11 is 3.18. The standard InChI is InChI=1S/C14H14BrFN2/c1-9-11(3-2-6-18-9)14(17)8-10-4-5-13(16)12(15)7-10/h2-7,14H,8,17H2,1H3. The van der Waals surface area contributed by atoms with Crippen LogP contribution in [0.4, 0.5) is 4.39 Å². The summed E-state index contributed by atoms with van der Waals surface area (Å²) in [4.78, 5) is 4.22. The zero-order valence-electron chi connectivity index (χ0n) is 10.0. The van der Waals surface area contributed by atoms with Crippen molar-refractivity contribution in [2.45, 2.75) is 19.4 Å². The normalized spacial score (nSPS) is 12.4. The first-order valence-corrected chi connectivity index (χ1v) is 6.48. The summed E-state index contributed by atoms with van der Waals surface area (Å²) in [6.07, 6.45) is 2.41. The minimum absolute atomic E-state index is 0.129. The first-order valence-electron chi connectivity index (χ1n) is 5.69. The van der Waals surface area contributed by atoms with Gasteiger partial charge in [-0.2, -0.15) is 0 Å². The van der Waals surface area contributed by atoms with Crippen LogP contribution in [-0.4, -0.2) is 4.98 Å². The highest BCUT2D eigenvalue weighted by Crippen LogP contribution is 2.22. The lowest BCUT2D eigenvalue weighted by atomic mass is 9.99. The van der Waals surface area contributed by atoms with Gasteiger partial charge in [0.15, 0.2) is 0 Å². The van der Waals surface area contributed by atoms with E-state index in [0.717, 1.165) is 16.8 Å². The summed E-state index contributed by atoms with van der Waals surface area (Å²) in [6.45, 7) is 1.94. The summed E-state index contributed by atoms with van der Waals surface area (Å²) in [5.41, 5.74) is 9.13. The van der Waals surface area contributed by atoms with Crippen LogP contribution < -0.4 is 5.73 Å². The van der Waals surface area contributed by atoms with E-state index in [1.165, 1.54) is 6.07 Å². The molecular formula is C14H14BrFN2. The Hall–Kier alpha value is -1.26. The molecule has 1 heterocycles. The quantitative estimate of drug-likeness (QED) is 0.942. The molecule has 1 unspecified atom stereocenters. The van der Waals surface area contributed by atoms with Crippen molar-refractivity contribution in [1.82, 2.24) is 4.98 Å². The fourth-order valence-corrected chi connectivity index (χ4v) is 2.35. The van der Waals surface area contributed by atoms with Crippen molar-refractivity contribution in [2.75, 3.05) is 0 Å². The molecular weight excluding hydrogens is 295 g/mol. The van der Waals surface area contributed by atoms with Gasteiger partial charge in [0.05, 0.1) is 4.47 Å². The lowest BCUT2D eigenvalue weighted by Gasteiger charge is -2.14. The summed E-state index contributed by atoms with van der Waals surface area (Å²) in [5, 5.41) is 0. The molecule has 2 aromatic rings. The number of aryl methyl sites for hydroxylation is 1. The number of hydrogen-bond acceptors (Lipinski definition) is 2. The summed E-state index contributed by atoms with van der Waals surface area (Å²) in [7, 11) is 0. The maximum absolute atomic E-state index is 13.1. The van der Waals surface area contributed by atoms with Crippen molar-refractivity contribution < 1.29 is 4.39 Å². The van der Waals surface area contributed by atoms with Crippen molar-refractivity contribution in [3.05, 3.63) is 63.6 Å². The van der Waals surface area contributed by atoms with Gasteiger partial charge < -0.3 is 5.73 Å². The van der Waals surface area contributed by atoms with Gasteiger partial charge in [-0.3, -0.25) is 4.98 Å². The van der Waals surface area contributed by atoms with E-state index in [-0.39, 0.29) is 11.9 Å². The Labute approximate surface area is 114 Å². The molecule has 1 aromatic heterocycles. The van der Waals surface area contributed by atoms with Gasteiger partial charge in [0.25, 0.3) is 0 Å². The Morgan fingerprint density at radius 1 is 1.39 bits per heavy atom. The van der Waals surface area contributed by atoms with Gasteiger partial charge in [-0.25, -0.2) is 4.39 Å². The Bertz CT molecular complexity index is 557. The van der Waals surface area contributed by atoms with Crippen LogP contribution in [0.25, 0.3) is 0 Å². The summed E-state index contributed by atoms with van der Waals surface area (Å²) in [6, 6.07) is 8.69. The van der Waals surface area contributed by atoms with Crippen molar-refractivity contribution in [3.63, 3.8) is 0 Å². The van der Waals surface area contributed by atoms with Crippen molar-refractivity contribution in [1.29, 1.82) is 0 Å². The van der Waals surface area contributed by atoms with Crippen LogP contribution in [-0.2, 0) is 6.42 Å². The van der Waals surface area contributed by atoms with Gasteiger partial charge in [-0.1, -0.05) is 12.1 Å². The molecule has 4 heteroatoms. The van der Waals surface area contributed by atoms with E-state index >= 15 is 0 Å². The van der Waals surface area contributed by atoms with Crippen LogP contribution in [0.15, 0.2) is 41.0 Å². The third kappa shape index (κ3) is 2.94. The van der Waals surface area contributed by atoms with E-state index in [2.05, 4.69) is 20.9 Å². The molecule has 0 saturated carbocycles. The van der Waals surface area contributed by atoms with Crippen LogP contribution in [0.3, 0.4) is 0 Å². The highest BCUT2D eigenvalue weighted by atomic mass is 79.9. The molecule has 1 aromatic carbocycles. The number of nitrogens with zero attached hydrogens (tertiary/aromatic N) is 1. The summed E-state index contributed by atoms with van der Waals surface area (Å²) < 4.78 is 13.6. The van der Waals surface area contributed by atoms with E-state index in [1.54, 1.807) is 18.3 Å². The second-order valence-corrected chi connectivity index (χ2v) is 5.09. The number of halogens is 2. The minimum Gasteiger partial charge on any atom is -0.324 e. The fourth-order valence-electron chi connectivity index (χ4n) is 1.92. The maximum Gasteiger partial charge on any atom is 0.137 e. The molecule has 0 bridgehead atoms. The van der Waals surface area contributed by atoms with Crippen molar-refractivity contribution in [2.24, 2.45) is 5.73 Å². The van der Waals surface area contributed by atoms with Crippen LogP contribution in [0.1, 0.15) is 22.9 Å². The van der Waals surface area contributed by atoms with Crippen molar-refractivity contribution in [3.8, 4) is 0 Å². The zero-order chi connectivity index (χ0) is 13.1. The molecule has 0 spiro atoms. The number of nitrogens with two attached hydrogens (primary N) is 1. The Balaban J connectivity index is 2.19. The summed E-state index contributed by atoms with van der Waals surface area (Å²) in [5.74, 6) is -0.259. The van der Waals surface area contributed by atoms with Crippen LogP contribution in [0, 0.1) is 12.7 Å². The third-order valence-corrected chi connectivity index (χ3v) is 3.49. The molecule has 0 aliphatic heterocycles. The molecule has 2 N–H and O–H groups in total. The average molecular weight is 309 g/mol. The molecule has 0 aliphatic carbocycles. The monoisotopic (exact) mass is 308 g/mol. The largest absolute Gasteiger partial charge is 0.324 e. The second-order valence-electron chi connectivity index (χ2n) is 4.24. The van der Waals surface area contributed by atoms with Crippen molar-refractivity contribution >= 4 is 15.9 Å². The van der Waals surface area contributed by atoms with E-state index in [1.807, 2.05) is 19.1 Å². The van der Waals surface area contributed by atoms with Gasteiger partial charge >= 0.3 is 0 Å². The van der Waals surface area contributed by atoms with E-state index in [0.29, 0.717) is 10.9 Å². The van der Waals surface area contributed by atoms with Gasteiger partial charge in [-0.15, -0.1) is 0 Å². The first-order chi connectivity index (χ1) is 8.58.